The van der Waals surface area contributed by atoms with Crippen LogP contribution in [0.4, 0.5) is 0 Å². The van der Waals surface area contributed by atoms with Crippen molar-refractivity contribution in [2.24, 2.45) is 5.92 Å². The Hall–Kier alpha value is -1.59. The maximum atomic E-state index is 12.6. The number of esters is 3. The van der Waals surface area contributed by atoms with Crippen LogP contribution in [0.5, 0.6) is 0 Å². The summed E-state index contributed by atoms with van der Waals surface area (Å²) in [4.78, 5) is 37.4. The van der Waals surface area contributed by atoms with E-state index in [1.807, 2.05) is 0 Å². The fourth-order valence-corrected chi connectivity index (χ4v) is 7.12. The monoisotopic (exact) mass is 765 g/mol. The van der Waals surface area contributed by atoms with E-state index in [-0.39, 0.29) is 31.1 Å². The highest BCUT2D eigenvalue weighted by atomic mass is 16.6. The Morgan fingerprint density at radius 2 is 0.648 bits per heavy atom. The van der Waals surface area contributed by atoms with Gasteiger partial charge in [0, 0.05) is 19.3 Å². The van der Waals surface area contributed by atoms with E-state index in [9.17, 15) is 14.4 Å². The molecule has 0 saturated heterocycles. The molecule has 0 aromatic carbocycles. The molecular weight excluding hydrogens is 673 g/mol. The minimum Gasteiger partial charge on any atom is -0.462 e. The van der Waals surface area contributed by atoms with Crippen molar-refractivity contribution in [1.82, 2.24) is 0 Å². The van der Waals surface area contributed by atoms with Gasteiger partial charge in [0.1, 0.15) is 13.2 Å². The van der Waals surface area contributed by atoms with Crippen LogP contribution in [0.1, 0.15) is 265 Å². The average molecular weight is 765 g/mol. The molecule has 0 fully saturated rings. The van der Waals surface area contributed by atoms with Crippen LogP contribution in [0.2, 0.25) is 0 Å². The van der Waals surface area contributed by atoms with Gasteiger partial charge in [-0.05, 0) is 25.2 Å². The number of rotatable bonds is 43. The highest BCUT2D eigenvalue weighted by molar-refractivity contribution is 5.71. The molecule has 0 aliphatic heterocycles. The summed E-state index contributed by atoms with van der Waals surface area (Å²) in [5.74, 6) is 0.0407. The number of carbonyl (C=O) groups excluding carboxylic acids is 3. The third-order valence-electron chi connectivity index (χ3n) is 11.2. The minimum atomic E-state index is -0.756. The molecule has 54 heavy (non-hydrogen) atoms. The van der Waals surface area contributed by atoms with Crippen LogP contribution < -0.4 is 0 Å². The summed E-state index contributed by atoms with van der Waals surface area (Å²) in [6, 6.07) is 0. The topological polar surface area (TPSA) is 78.9 Å². The van der Waals surface area contributed by atoms with Gasteiger partial charge >= 0.3 is 17.9 Å². The lowest BCUT2D eigenvalue weighted by atomic mass is 9.99. The van der Waals surface area contributed by atoms with Crippen molar-refractivity contribution in [3.8, 4) is 0 Å². The van der Waals surface area contributed by atoms with Crippen molar-refractivity contribution in [1.29, 1.82) is 0 Å². The molecule has 320 valence electrons. The Morgan fingerprint density at radius 1 is 0.370 bits per heavy atom. The molecule has 0 saturated carbocycles. The van der Waals surface area contributed by atoms with Gasteiger partial charge in [-0.2, -0.15) is 0 Å². The van der Waals surface area contributed by atoms with E-state index >= 15 is 0 Å². The van der Waals surface area contributed by atoms with Crippen LogP contribution in [0.25, 0.3) is 0 Å². The molecule has 0 aliphatic carbocycles. The number of hydrogen-bond acceptors (Lipinski definition) is 6. The predicted octanol–water partition coefficient (Wildman–Crippen LogP) is 15.1. The zero-order chi connectivity index (χ0) is 39.6. The van der Waals surface area contributed by atoms with E-state index in [1.165, 1.54) is 154 Å². The quantitative estimate of drug-likeness (QED) is 0.0349. The largest absolute Gasteiger partial charge is 0.462 e. The van der Waals surface area contributed by atoms with Crippen molar-refractivity contribution in [2.45, 2.75) is 271 Å². The SMILES string of the molecule is CCCCCCCCCCCC(=O)O[C@H](COC(=O)CCCCCCC)COC(=O)CCCCCCCCCCCCCCCCCCCCC(C)CC. The lowest BCUT2D eigenvalue weighted by molar-refractivity contribution is -0.167. The molecule has 0 spiro atoms. The van der Waals surface area contributed by atoms with Crippen molar-refractivity contribution in [2.75, 3.05) is 13.2 Å². The number of ether oxygens (including phenoxy) is 3. The standard InChI is InChI=1S/C48H92O6/c1-5-8-10-12-13-24-29-33-37-41-48(51)54-45(42-52-46(49)39-35-30-11-9-6-2)43-53-47(50)40-36-32-28-26-23-21-19-17-15-14-16-18-20-22-25-27-31-34-38-44(4)7-3/h44-45H,5-43H2,1-4H3/t44?,45-/m1/s1. The van der Waals surface area contributed by atoms with Gasteiger partial charge in [-0.25, -0.2) is 0 Å². The summed E-state index contributed by atoms with van der Waals surface area (Å²) in [7, 11) is 0. The molecule has 6 heteroatoms. The van der Waals surface area contributed by atoms with Crippen molar-refractivity contribution in [3.63, 3.8) is 0 Å². The Labute approximate surface area is 336 Å². The van der Waals surface area contributed by atoms with E-state index in [0.29, 0.717) is 19.3 Å². The van der Waals surface area contributed by atoms with Crippen LogP contribution in [0, 0.1) is 5.92 Å². The molecule has 6 nitrogen and oxygen atoms in total. The first-order valence-electron chi connectivity index (χ1n) is 23.9. The number of carbonyl (C=O) groups is 3. The molecule has 0 aromatic rings. The van der Waals surface area contributed by atoms with Gasteiger partial charge < -0.3 is 14.2 Å². The molecule has 0 radical (unpaired) electrons. The van der Waals surface area contributed by atoms with Gasteiger partial charge in [0.15, 0.2) is 6.10 Å². The first kappa shape index (κ1) is 52.4. The van der Waals surface area contributed by atoms with Gasteiger partial charge in [-0.15, -0.1) is 0 Å². The molecule has 0 N–H and O–H groups in total. The normalized spacial score (nSPS) is 12.4. The molecule has 0 bridgehead atoms. The molecule has 0 aromatic heterocycles. The van der Waals surface area contributed by atoms with Crippen molar-refractivity contribution >= 4 is 17.9 Å². The Kier molecular flexibility index (Phi) is 41.3. The molecule has 0 amide bonds. The summed E-state index contributed by atoms with van der Waals surface area (Å²) >= 11 is 0. The van der Waals surface area contributed by atoms with Crippen LogP contribution in [0.15, 0.2) is 0 Å². The van der Waals surface area contributed by atoms with E-state index in [1.54, 1.807) is 0 Å². The van der Waals surface area contributed by atoms with Gasteiger partial charge in [0.2, 0.25) is 0 Å². The molecule has 0 rings (SSSR count). The van der Waals surface area contributed by atoms with E-state index in [4.69, 9.17) is 14.2 Å². The van der Waals surface area contributed by atoms with E-state index < -0.39 is 6.10 Å². The second-order valence-electron chi connectivity index (χ2n) is 16.6. The molecule has 0 heterocycles. The van der Waals surface area contributed by atoms with Gasteiger partial charge in [0.25, 0.3) is 0 Å². The second kappa shape index (κ2) is 42.6. The lowest BCUT2D eigenvalue weighted by Crippen LogP contribution is -2.30. The van der Waals surface area contributed by atoms with Crippen LogP contribution >= 0.6 is 0 Å². The second-order valence-corrected chi connectivity index (χ2v) is 16.6. The first-order valence-corrected chi connectivity index (χ1v) is 23.9. The highest BCUT2D eigenvalue weighted by Crippen LogP contribution is 2.17. The summed E-state index contributed by atoms with van der Waals surface area (Å²) in [5.41, 5.74) is 0. The maximum Gasteiger partial charge on any atom is 0.306 e. The van der Waals surface area contributed by atoms with E-state index in [0.717, 1.165) is 70.1 Å². The summed E-state index contributed by atoms with van der Waals surface area (Å²) in [5, 5.41) is 0. The Morgan fingerprint density at radius 3 is 0.963 bits per heavy atom. The summed E-state index contributed by atoms with van der Waals surface area (Å²) < 4.78 is 16.6. The predicted molar refractivity (Wildman–Crippen MR) is 229 cm³/mol. The fraction of sp³-hybridized carbons (Fsp3) is 0.938. The smallest absolute Gasteiger partial charge is 0.306 e. The van der Waals surface area contributed by atoms with Crippen molar-refractivity contribution < 1.29 is 28.6 Å². The van der Waals surface area contributed by atoms with Crippen molar-refractivity contribution in [3.05, 3.63) is 0 Å². The van der Waals surface area contributed by atoms with E-state index in [2.05, 4.69) is 27.7 Å². The zero-order valence-corrected chi connectivity index (χ0v) is 36.7. The fourth-order valence-electron chi connectivity index (χ4n) is 7.12. The van der Waals surface area contributed by atoms with Gasteiger partial charge in [0.05, 0.1) is 0 Å². The average Bonchev–Trinajstić information content (AvgIpc) is 3.17. The molecule has 2 atom stereocenters. The van der Waals surface area contributed by atoms with Crippen LogP contribution in [-0.2, 0) is 28.6 Å². The minimum absolute atomic E-state index is 0.0646. The number of unbranched alkanes of at least 4 members (excludes halogenated alkanes) is 29. The Balaban J connectivity index is 4.00. The summed E-state index contributed by atoms with van der Waals surface area (Å²) in [6.07, 6.45) is 42.7. The molecular formula is C48H92O6. The highest BCUT2D eigenvalue weighted by Gasteiger charge is 2.19. The van der Waals surface area contributed by atoms with Crippen LogP contribution in [-0.4, -0.2) is 37.2 Å². The third-order valence-corrected chi connectivity index (χ3v) is 11.2. The summed E-state index contributed by atoms with van der Waals surface area (Å²) in [6.45, 7) is 8.96. The first-order chi connectivity index (χ1) is 26.4. The third kappa shape index (κ3) is 40.1. The van der Waals surface area contributed by atoms with Gasteiger partial charge in [-0.1, -0.05) is 227 Å². The van der Waals surface area contributed by atoms with Crippen LogP contribution in [0.3, 0.4) is 0 Å². The zero-order valence-electron chi connectivity index (χ0n) is 36.7. The maximum absolute atomic E-state index is 12.6. The van der Waals surface area contributed by atoms with Gasteiger partial charge in [-0.3, -0.25) is 14.4 Å². The number of hydrogen-bond donors (Lipinski definition) is 0. The lowest BCUT2D eigenvalue weighted by Gasteiger charge is -2.18. The molecule has 1 unspecified atom stereocenters. The Bertz CT molecular complexity index is 813. The molecule has 0 aliphatic rings.